The Morgan fingerprint density at radius 2 is 2.25 bits per heavy atom. The van der Waals surface area contributed by atoms with E-state index in [1.807, 2.05) is 0 Å². The summed E-state index contributed by atoms with van der Waals surface area (Å²) in [5.41, 5.74) is 0.175. The molecule has 1 heterocycles. The summed E-state index contributed by atoms with van der Waals surface area (Å²) >= 11 is 0.982. The van der Waals surface area contributed by atoms with E-state index in [0.29, 0.717) is 5.69 Å². The number of amides is 1. The molecule has 0 saturated heterocycles. The standard InChI is InChI=1S/C11H9N3O5S/c15-9-3-6(1-2-8(9)14(18)19)10(16)12-4-7-5-20-11(17)13-7/h1-3,5,15H,4H2,(H,12,16)(H,13,17). The van der Waals surface area contributed by atoms with Gasteiger partial charge in [0.2, 0.25) is 0 Å². The second-order valence-electron chi connectivity index (χ2n) is 3.82. The summed E-state index contributed by atoms with van der Waals surface area (Å²) in [7, 11) is 0. The maximum Gasteiger partial charge on any atom is 0.310 e. The van der Waals surface area contributed by atoms with Gasteiger partial charge in [0, 0.05) is 22.7 Å². The van der Waals surface area contributed by atoms with Crippen molar-refractivity contribution >= 4 is 22.9 Å². The summed E-state index contributed by atoms with van der Waals surface area (Å²) < 4.78 is 0. The molecule has 0 radical (unpaired) electrons. The molecule has 2 rings (SSSR count). The van der Waals surface area contributed by atoms with Crippen molar-refractivity contribution in [1.82, 2.24) is 10.3 Å². The SMILES string of the molecule is O=C(NCc1csc(=O)[nH]1)c1ccc([N+](=O)[O-])c(O)c1. The van der Waals surface area contributed by atoms with E-state index in [-0.39, 0.29) is 17.0 Å². The number of H-pyrrole nitrogens is 1. The first-order chi connectivity index (χ1) is 9.47. The van der Waals surface area contributed by atoms with Gasteiger partial charge in [-0.05, 0) is 12.1 Å². The highest BCUT2D eigenvalue weighted by Crippen LogP contribution is 2.26. The number of aromatic amines is 1. The van der Waals surface area contributed by atoms with E-state index < -0.39 is 22.3 Å². The van der Waals surface area contributed by atoms with Gasteiger partial charge in [-0.15, -0.1) is 0 Å². The number of phenols is 1. The zero-order valence-electron chi connectivity index (χ0n) is 9.95. The van der Waals surface area contributed by atoms with Crippen LogP contribution in [0.5, 0.6) is 5.75 Å². The molecule has 1 amide bonds. The van der Waals surface area contributed by atoms with Crippen LogP contribution in [0.15, 0.2) is 28.4 Å². The van der Waals surface area contributed by atoms with Crippen molar-refractivity contribution in [2.24, 2.45) is 0 Å². The maximum atomic E-state index is 11.8. The molecule has 0 atom stereocenters. The molecule has 20 heavy (non-hydrogen) atoms. The quantitative estimate of drug-likeness (QED) is 0.572. The molecule has 0 aliphatic carbocycles. The van der Waals surface area contributed by atoms with Crippen molar-refractivity contribution in [3.63, 3.8) is 0 Å². The van der Waals surface area contributed by atoms with Gasteiger partial charge in [0.25, 0.3) is 5.91 Å². The molecule has 0 unspecified atom stereocenters. The van der Waals surface area contributed by atoms with E-state index in [2.05, 4.69) is 10.3 Å². The summed E-state index contributed by atoms with van der Waals surface area (Å²) in [6.07, 6.45) is 0. The van der Waals surface area contributed by atoms with Gasteiger partial charge in [-0.2, -0.15) is 0 Å². The number of hydrogen-bond acceptors (Lipinski definition) is 6. The monoisotopic (exact) mass is 295 g/mol. The molecule has 0 saturated carbocycles. The number of thiazole rings is 1. The number of nitro benzene ring substituents is 1. The summed E-state index contributed by atoms with van der Waals surface area (Å²) in [5.74, 6) is -1.09. The number of nitrogens with zero attached hydrogens (tertiary/aromatic N) is 1. The van der Waals surface area contributed by atoms with Crippen LogP contribution >= 0.6 is 11.3 Å². The Bertz CT molecular complexity index is 721. The van der Waals surface area contributed by atoms with Crippen molar-refractivity contribution in [3.8, 4) is 5.75 Å². The van der Waals surface area contributed by atoms with Crippen LogP contribution in [0.25, 0.3) is 0 Å². The summed E-state index contributed by atoms with van der Waals surface area (Å²) in [6, 6.07) is 3.31. The lowest BCUT2D eigenvalue weighted by Gasteiger charge is -2.04. The molecule has 0 bridgehead atoms. The number of hydrogen-bond donors (Lipinski definition) is 3. The van der Waals surface area contributed by atoms with Crippen LogP contribution < -0.4 is 10.2 Å². The molecule has 3 N–H and O–H groups in total. The topological polar surface area (TPSA) is 125 Å². The number of nitrogens with one attached hydrogen (secondary N) is 2. The number of nitro groups is 1. The largest absolute Gasteiger partial charge is 0.502 e. The normalized spacial score (nSPS) is 10.2. The summed E-state index contributed by atoms with van der Waals surface area (Å²) in [5, 5.41) is 24.1. The fourth-order valence-corrected chi connectivity index (χ4v) is 2.08. The number of carbonyl (C=O) groups is 1. The predicted octanol–water partition coefficient (Wildman–Crippen LogP) is 0.980. The van der Waals surface area contributed by atoms with Gasteiger partial charge in [-0.1, -0.05) is 11.3 Å². The van der Waals surface area contributed by atoms with Gasteiger partial charge in [0.15, 0.2) is 5.75 Å². The minimum absolute atomic E-state index is 0.0886. The molecule has 1 aromatic carbocycles. The van der Waals surface area contributed by atoms with Crippen molar-refractivity contribution < 1.29 is 14.8 Å². The number of aromatic hydroxyl groups is 1. The molecule has 104 valence electrons. The smallest absolute Gasteiger partial charge is 0.310 e. The van der Waals surface area contributed by atoms with Crippen LogP contribution in [-0.4, -0.2) is 20.9 Å². The van der Waals surface area contributed by atoms with Crippen molar-refractivity contribution in [1.29, 1.82) is 0 Å². The molecule has 8 nitrogen and oxygen atoms in total. The molecule has 2 aromatic rings. The molecule has 1 aromatic heterocycles. The van der Waals surface area contributed by atoms with E-state index >= 15 is 0 Å². The fourth-order valence-electron chi connectivity index (χ4n) is 1.50. The van der Waals surface area contributed by atoms with Gasteiger partial charge in [-0.25, -0.2) is 0 Å². The van der Waals surface area contributed by atoms with Gasteiger partial charge in [-0.3, -0.25) is 19.7 Å². The van der Waals surface area contributed by atoms with Crippen molar-refractivity contribution in [2.45, 2.75) is 6.54 Å². The maximum absolute atomic E-state index is 11.8. The zero-order chi connectivity index (χ0) is 14.7. The average molecular weight is 295 g/mol. The van der Waals surface area contributed by atoms with Gasteiger partial charge < -0.3 is 15.4 Å². The van der Waals surface area contributed by atoms with E-state index in [9.17, 15) is 24.8 Å². The Morgan fingerprint density at radius 1 is 1.50 bits per heavy atom. The van der Waals surface area contributed by atoms with Crippen LogP contribution in [0.1, 0.15) is 16.1 Å². The molecule has 0 fully saturated rings. The Labute approximate surface area is 115 Å². The second kappa shape index (κ2) is 5.53. The van der Waals surface area contributed by atoms with Crippen LogP contribution in [0, 0.1) is 10.1 Å². The fraction of sp³-hybridized carbons (Fsp3) is 0.0909. The van der Waals surface area contributed by atoms with Gasteiger partial charge in [0.05, 0.1) is 11.5 Å². The number of phenolic OH excluding ortho intramolecular Hbond substituents is 1. The predicted molar refractivity (Wildman–Crippen MR) is 70.9 cm³/mol. The zero-order valence-corrected chi connectivity index (χ0v) is 10.8. The number of carbonyl (C=O) groups excluding carboxylic acids is 1. The molecule has 0 aliphatic heterocycles. The number of rotatable bonds is 4. The van der Waals surface area contributed by atoms with Gasteiger partial charge in [0.1, 0.15) is 0 Å². The third kappa shape index (κ3) is 3.01. The molecule has 0 aliphatic rings. The highest BCUT2D eigenvalue weighted by atomic mass is 32.1. The highest BCUT2D eigenvalue weighted by molar-refractivity contribution is 7.07. The van der Waals surface area contributed by atoms with Crippen LogP contribution in [-0.2, 0) is 6.54 Å². The van der Waals surface area contributed by atoms with E-state index in [0.717, 1.165) is 23.5 Å². The third-order valence-corrected chi connectivity index (χ3v) is 3.16. The highest BCUT2D eigenvalue weighted by Gasteiger charge is 2.15. The van der Waals surface area contributed by atoms with Crippen LogP contribution in [0.4, 0.5) is 5.69 Å². The van der Waals surface area contributed by atoms with Gasteiger partial charge >= 0.3 is 10.6 Å². The molecular formula is C11H9N3O5S. The Hall–Kier alpha value is -2.68. The first-order valence-electron chi connectivity index (χ1n) is 5.39. The Kier molecular flexibility index (Phi) is 3.80. The molecular weight excluding hydrogens is 286 g/mol. The molecule has 0 spiro atoms. The summed E-state index contributed by atoms with van der Waals surface area (Å²) in [4.78, 5) is 34.8. The lowest BCUT2D eigenvalue weighted by Crippen LogP contribution is -2.23. The van der Waals surface area contributed by atoms with E-state index in [1.54, 1.807) is 5.38 Å². The number of benzene rings is 1. The Balaban J connectivity index is 2.07. The van der Waals surface area contributed by atoms with E-state index in [1.165, 1.54) is 6.07 Å². The van der Waals surface area contributed by atoms with E-state index in [4.69, 9.17) is 0 Å². The average Bonchev–Trinajstić information content (AvgIpc) is 2.81. The third-order valence-electron chi connectivity index (χ3n) is 2.44. The van der Waals surface area contributed by atoms with Crippen molar-refractivity contribution in [3.05, 3.63) is 54.6 Å². The summed E-state index contributed by atoms with van der Waals surface area (Å²) in [6.45, 7) is 0.120. The number of aromatic nitrogens is 1. The van der Waals surface area contributed by atoms with Crippen LogP contribution in [0.2, 0.25) is 0 Å². The lowest BCUT2D eigenvalue weighted by atomic mass is 10.2. The Morgan fingerprint density at radius 3 is 2.80 bits per heavy atom. The van der Waals surface area contributed by atoms with Crippen molar-refractivity contribution in [2.75, 3.05) is 0 Å². The van der Waals surface area contributed by atoms with Crippen LogP contribution in [0.3, 0.4) is 0 Å². The first kappa shape index (κ1) is 13.7. The molecule has 9 heteroatoms. The first-order valence-corrected chi connectivity index (χ1v) is 6.27. The lowest BCUT2D eigenvalue weighted by molar-refractivity contribution is -0.385. The minimum atomic E-state index is -0.743. The second-order valence-corrected chi connectivity index (χ2v) is 4.66. The minimum Gasteiger partial charge on any atom is -0.502 e.